The summed E-state index contributed by atoms with van der Waals surface area (Å²) in [5.74, 6) is 0.0951. The quantitative estimate of drug-likeness (QED) is 0.629. The highest BCUT2D eigenvalue weighted by Gasteiger charge is 2.25. The van der Waals surface area contributed by atoms with Gasteiger partial charge in [-0.15, -0.1) is 0 Å². The van der Waals surface area contributed by atoms with Gasteiger partial charge in [0.2, 0.25) is 6.43 Å². The van der Waals surface area contributed by atoms with Gasteiger partial charge in [0.1, 0.15) is 11.6 Å². The standard InChI is InChI=1S/C22H27F3N4O2/c23-17-3-4-18(27-14-17)15-29(19-7-10-26-11-8-19)22(30)28-13-16-1-5-20(6-2-16)31-12-9-21(24)25/h1-6,14,19,21,26H,7-13,15H2,(H,28,30). The number of alkyl halides is 2. The number of ether oxygens (including phenoxy) is 1. The second-order valence-electron chi connectivity index (χ2n) is 7.41. The summed E-state index contributed by atoms with van der Waals surface area (Å²) >= 11 is 0. The lowest BCUT2D eigenvalue weighted by atomic mass is 10.0. The smallest absolute Gasteiger partial charge is 0.318 e. The second kappa shape index (κ2) is 11.5. The van der Waals surface area contributed by atoms with Crippen molar-refractivity contribution in [3.8, 4) is 5.75 Å². The number of aromatic nitrogens is 1. The topological polar surface area (TPSA) is 66.5 Å². The van der Waals surface area contributed by atoms with Crippen LogP contribution in [0.15, 0.2) is 42.6 Å². The molecule has 0 aliphatic carbocycles. The fourth-order valence-electron chi connectivity index (χ4n) is 3.41. The summed E-state index contributed by atoms with van der Waals surface area (Å²) in [5, 5.41) is 6.22. The highest BCUT2D eigenvalue weighted by Crippen LogP contribution is 2.17. The van der Waals surface area contributed by atoms with Crippen LogP contribution in [0.3, 0.4) is 0 Å². The van der Waals surface area contributed by atoms with Crippen molar-refractivity contribution in [2.45, 2.75) is 44.8 Å². The third kappa shape index (κ3) is 7.43. The minimum Gasteiger partial charge on any atom is -0.493 e. The number of piperidine rings is 1. The number of halogens is 3. The zero-order valence-electron chi connectivity index (χ0n) is 17.2. The van der Waals surface area contributed by atoms with E-state index in [2.05, 4.69) is 15.6 Å². The zero-order chi connectivity index (χ0) is 22.1. The van der Waals surface area contributed by atoms with Gasteiger partial charge in [0.05, 0.1) is 25.0 Å². The zero-order valence-corrected chi connectivity index (χ0v) is 17.2. The Bertz CT molecular complexity index is 813. The first-order valence-electron chi connectivity index (χ1n) is 10.4. The summed E-state index contributed by atoms with van der Waals surface area (Å²) in [6.45, 7) is 2.23. The first-order chi connectivity index (χ1) is 15.0. The third-order valence-corrected chi connectivity index (χ3v) is 5.10. The van der Waals surface area contributed by atoms with Gasteiger partial charge in [0.15, 0.2) is 0 Å². The average molecular weight is 436 g/mol. The molecular formula is C22H27F3N4O2. The summed E-state index contributed by atoms with van der Waals surface area (Å²) < 4.78 is 42.8. The minimum atomic E-state index is -2.39. The Morgan fingerprint density at radius 2 is 1.94 bits per heavy atom. The summed E-state index contributed by atoms with van der Waals surface area (Å²) in [6, 6.07) is 9.74. The van der Waals surface area contributed by atoms with Crippen LogP contribution in [0.25, 0.3) is 0 Å². The number of nitrogens with zero attached hydrogens (tertiary/aromatic N) is 2. The van der Waals surface area contributed by atoms with Gasteiger partial charge in [-0.25, -0.2) is 18.0 Å². The van der Waals surface area contributed by atoms with E-state index in [1.54, 1.807) is 35.2 Å². The van der Waals surface area contributed by atoms with Crippen LogP contribution in [0.1, 0.15) is 30.5 Å². The maximum atomic E-state index is 13.2. The molecule has 3 rings (SSSR count). The van der Waals surface area contributed by atoms with Crippen LogP contribution >= 0.6 is 0 Å². The van der Waals surface area contributed by atoms with Crippen molar-refractivity contribution in [1.29, 1.82) is 0 Å². The molecular weight excluding hydrogens is 409 g/mol. The molecule has 9 heteroatoms. The Morgan fingerprint density at radius 3 is 2.58 bits per heavy atom. The van der Waals surface area contributed by atoms with E-state index in [4.69, 9.17) is 4.74 Å². The number of nitrogens with one attached hydrogen (secondary N) is 2. The van der Waals surface area contributed by atoms with Crippen molar-refractivity contribution in [2.75, 3.05) is 19.7 Å². The number of pyridine rings is 1. The summed E-state index contributed by atoms with van der Waals surface area (Å²) in [7, 11) is 0. The van der Waals surface area contributed by atoms with Crippen molar-refractivity contribution < 1.29 is 22.7 Å². The van der Waals surface area contributed by atoms with Gasteiger partial charge in [0, 0.05) is 19.0 Å². The van der Waals surface area contributed by atoms with E-state index >= 15 is 0 Å². The molecule has 1 aliphatic rings. The first-order valence-corrected chi connectivity index (χ1v) is 10.4. The highest BCUT2D eigenvalue weighted by atomic mass is 19.3. The van der Waals surface area contributed by atoms with Crippen molar-refractivity contribution in [3.63, 3.8) is 0 Å². The first kappa shape index (κ1) is 22.9. The van der Waals surface area contributed by atoms with Gasteiger partial charge in [-0.1, -0.05) is 12.1 Å². The molecule has 0 saturated carbocycles. The van der Waals surface area contributed by atoms with Gasteiger partial charge in [0.25, 0.3) is 0 Å². The molecule has 2 amide bonds. The highest BCUT2D eigenvalue weighted by molar-refractivity contribution is 5.74. The van der Waals surface area contributed by atoms with E-state index in [1.165, 1.54) is 6.07 Å². The van der Waals surface area contributed by atoms with Gasteiger partial charge in [-0.05, 0) is 55.8 Å². The summed E-state index contributed by atoms with van der Waals surface area (Å²) in [4.78, 5) is 18.8. The van der Waals surface area contributed by atoms with Crippen molar-refractivity contribution in [3.05, 3.63) is 59.7 Å². The van der Waals surface area contributed by atoms with Crippen molar-refractivity contribution >= 4 is 6.03 Å². The number of amides is 2. The number of benzene rings is 1. The van der Waals surface area contributed by atoms with Gasteiger partial charge in [-0.2, -0.15) is 0 Å². The Kier molecular flexibility index (Phi) is 8.52. The van der Waals surface area contributed by atoms with Crippen molar-refractivity contribution in [2.24, 2.45) is 0 Å². The predicted octanol–water partition coefficient (Wildman–Crippen LogP) is 3.72. The second-order valence-corrected chi connectivity index (χ2v) is 7.41. The van der Waals surface area contributed by atoms with E-state index in [0.29, 0.717) is 24.5 Å². The molecule has 1 saturated heterocycles. The molecule has 168 valence electrons. The molecule has 1 aromatic heterocycles. The van der Waals surface area contributed by atoms with Crippen LogP contribution in [0, 0.1) is 5.82 Å². The lowest BCUT2D eigenvalue weighted by Crippen LogP contribution is -2.49. The predicted molar refractivity (Wildman–Crippen MR) is 110 cm³/mol. The number of urea groups is 1. The molecule has 0 unspecified atom stereocenters. The largest absolute Gasteiger partial charge is 0.493 e. The summed E-state index contributed by atoms with van der Waals surface area (Å²) in [5.41, 5.74) is 1.49. The maximum absolute atomic E-state index is 13.2. The van der Waals surface area contributed by atoms with E-state index in [1.807, 2.05) is 0 Å². The Balaban J connectivity index is 1.57. The third-order valence-electron chi connectivity index (χ3n) is 5.10. The van der Waals surface area contributed by atoms with Gasteiger partial charge in [-0.3, -0.25) is 4.98 Å². The monoisotopic (exact) mass is 436 g/mol. The number of hydrogen-bond donors (Lipinski definition) is 2. The fourth-order valence-corrected chi connectivity index (χ4v) is 3.41. The number of carbonyl (C=O) groups is 1. The molecule has 2 aromatic rings. The molecule has 2 heterocycles. The molecule has 1 aliphatic heterocycles. The SMILES string of the molecule is O=C(NCc1ccc(OCCC(F)F)cc1)N(Cc1ccc(F)cn1)C1CCNCC1. The maximum Gasteiger partial charge on any atom is 0.318 e. The lowest BCUT2D eigenvalue weighted by Gasteiger charge is -2.34. The minimum absolute atomic E-state index is 0.0453. The summed E-state index contributed by atoms with van der Waals surface area (Å²) in [6.07, 6.45) is 0.118. The van der Waals surface area contributed by atoms with Crippen LogP contribution in [-0.4, -0.2) is 48.1 Å². The molecule has 1 aromatic carbocycles. The molecule has 0 spiro atoms. The fraction of sp³-hybridized carbons (Fsp3) is 0.455. The van der Waals surface area contributed by atoms with E-state index in [-0.39, 0.29) is 25.1 Å². The number of carbonyl (C=O) groups excluding carboxylic acids is 1. The van der Waals surface area contributed by atoms with E-state index in [9.17, 15) is 18.0 Å². The Labute approximate surface area is 179 Å². The average Bonchev–Trinajstić information content (AvgIpc) is 2.78. The Morgan fingerprint density at radius 1 is 1.19 bits per heavy atom. The Hall–Kier alpha value is -2.81. The molecule has 0 bridgehead atoms. The van der Waals surface area contributed by atoms with Crippen LogP contribution in [0.2, 0.25) is 0 Å². The van der Waals surface area contributed by atoms with Crippen LogP contribution in [-0.2, 0) is 13.1 Å². The number of rotatable bonds is 9. The van der Waals surface area contributed by atoms with Gasteiger partial charge < -0.3 is 20.3 Å². The molecule has 0 radical (unpaired) electrons. The van der Waals surface area contributed by atoms with Crippen LogP contribution < -0.4 is 15.4 Å². The molecule has 6 nitrogen and oxygen atoms in total. The normalized spacial score (nSPS) is 14.5. The van der Waals surface area contributed by atoms with Crippen LogP contribution in [0.4, 0.5) is 18.0 Å². The molecule has 1 fully saturated rings. The lowest BCUT2D eigenvalue weighted by molar-refractivity contribution is 0.114. The molecule has 31 heavy (non-hydrogen) atoms. The van der Waals surface area contributed by atoms with Crippen molar-refractivity contribution in [1.82, 2.24) is 20.5 Å². The van der Waals surface area contributed by atoms with Gasteiger partial charge >= 0.3 is 6.03 Å². The molecule has 0 atom stereocenters. The number of hydrogen-bond acceptors (Lipinski definition) is 4. The van der Waals surface area contributed by atoms with E-state index in [0.717, 1.165) is 37.7 Å². The van der Waals surface area contributed by atoms with Crippen LogP contribution in [0.5, 0.6) is 5.75 Å². The molecule has 2 N–H and O–H groups in total. The van der Waals surface area contributed by atoms with E-state index < -0.39 is 12.2 Å².